The Kier molecular flexibility index (Phi) is 5.97. The van der Waals surface area contributed by atoms with Crippen molar-refractivity contribution in [1.82, 2.24) is 0 Å². The summed E-state index contributed by atoms with van der Waals surface area (Å²) < 4.78 is 15.9. The molecule has 0 saturated heterocycles. The fraction of sp³-hybridized carbons (Fsp3) is 0.417. The predicted molar refractivity (Wildman–Crippen MR) is 81.9 cm³/mol. The summed E-state index contributed by atoms with van der Waals surface area (Å²) in [6.45, 7) is 3.83. The van der Waals surface area contributed by atoms with Crippen LogP contribution in [0.2, 0.25) is 10.0 Å². The second-order valence-corrected chi connectivity index (χ2v) is 7.33. The number of carbonyl (C=O) groups is 1. The molecule has 4 N–H and O–H groups in total. The molecule has 112 valence electrons. The van der Waals surface area contributed by atoms with E-state index in [0.29, 0.717) is 6.42 Å². The van der Waals surface area contributed by atoms with E-state index in [-0.39, 0.29) is 20.9 Å². The number of nitrogens with zero attached hydrogens (tertiary/aromatic N) is 1. The van der Waals surface area contributed by atoms with Gasteiger partial charge in [-0.25, -0.2) is 9.35 Å². The minimum atomic E-state index is -3.46. The van der Waals surface area contributed by atoms with Gasteiger partial charge in [0.2, 0.25) is 0 Å². The van der Waals surface area contributed by atoms with Crippen molar-refractivity contribution in [3.63, 3.8) is 0 Å². The first kappa shape index (κ1) is 17.4. The fourth-order valence-corrected chi connectivity index (χ4v) is 3.40. The monoisotopic (exact) mass is 337 g/mol. The molecule has 0 saturated carbocycles. The van der Waals surface area contributed by atoms with Gasteiger partial charge >= 0.3 is 0 Å². The van der Waals surface area contributed by atoms with Gasteiger partial charge in [-0.05, 0) is 24.5 Å². The molecule has 0 heterocycles. The van der Waals surface area contributed by atoms with Crippen molar-refractivity contribution in [3.8, 4) is 0 Å². The molecule has 5 nitrogen and oxygen atoms in total. The van der Waals surface area contributed by atoms with Gasteiger partial charge in [-0.3, -0.25) is 4.79 Å². The van der Waals surface area contributed by atoms with Gasteiger partial charge in [-0.2, -0.15) is 0 Å². The molecule has 0 aliphatic heterocycles. The predicted octanol–water partition coefficient (Wildman–Crippen LogP) is 2.59. The van der Waals surface area contributed by atoms with Crippen LogP contribution in [0.4, 0.5) is 0 Å². The van der Waals surface area contributed by atoms with Crippen LogP contribution in [0.25, 0.3) is 0 Å². The van der Waals surface area contributed by atoms with Crippen LogP contribution >= 0.6 is 23.2 Å². The lowest BCUT2D eigenvalue weighted by Crippen LogP contribution is -2.32. The summed E-state index contributed by atoms with van der Waals surface area (Å²) >= 11 is 11.8. The molecule has 0 bridgehead atoms. The third-order valence-electron chi connectivity index (χ3n) is 2.50. The number of halogens is 2. The van der Waals surface area contributed by atoms with Crippen molar-refractivity contribution in [1.29, 1.82) is 0 Å². The summed E-state index contributed by atoms with van der Waals surface area (Å²) in [6.07, 6.45) is 0.432. The largest absolute Gasteiger partial charge is 0.320 e. The van der Waals surface area contributed by atoms with Gasteiger partial charge in [-0.1, -0.05) is 43.1 Å². The Bertz CT molecular complexity index is 625. The molecule has 0 spiro atoms. The molecule has 1 aromatic carbocycles. The summed E-state index contributed by atoms with van der Waals surface area (Å²) in [6, 6.07) is 3.64. The molecule has 0 radical (unpaired) electrons. The smallest absolute Gasteiger partial charge is 0.271 e. The Hall–Kier alpha value is -0.660. The number of rotatable bonds is 4. The first-order valence-corrected chi connectivity index (χ1v) is 8.27. The highest BCUT2D eigenvalue weighted by molar-refractivity contribution is 7.91. The Balaban J connectivity index is 3.16. The van der Waals surface area contributed by atoms with Gasteiger partial charge in [0.05, 0.1) is 21.0 Å². The van der Waals surface area contributed by atoms with Crippen LogP contribution < -0.4 is 10.9 Å². The summed E-state index contributed by atoms with van der Waals surface area (Å²) in [5.74, 6) is -0.491. The second kappa shape index (κ2) is 6.87. The molecule has 20 heavy (non-hydrogen) atoms. The van der Waals surface area contributed by atoms with Crippen LogP contribution in [0, 0.1) is 5.92 Å². The molecule has 0 aliphatic carbocycles. The van der Waals surface area contributed by atoms with Gasteiger partial charge in [0.1, 0.15) is 9.92 Å². The van der Waals surface area contributed by atoms with E-state index in [1.807, 2.05) is 13.8 Å². The summed E-state index contributed by atoms with van der Waals surface area (Å²) in [5.41, 5.74) is 5.69. The maximum Gasteiger partial charge on any atom is 0.271 e. The van der Waals surface area contributed by atoms with Crippen molar-refractivity contribution in [2.24, 2.45) is 21.2 Å². The number of carbonyl (C=O) groups excluding carboxylic acids is 1. The summed E-state index contributed by atoms with van der Waals surface area (Å²) in [5, 5.41) is 5.83. The molecule has 0 aliphatic rings. The van der Waals surface area contributed by atoms with Gasteiger partial charge in [-0.15, -0.1) is 4.36 Å². The van der Waals surface area contributed by atoms with Gasteiger partial charge in [0, 0.05) is 0 Å². The maximum absolute atomic E-state index is 12.4. The maximum atomic E-state index is 12.4. The lowest BCUT2D eigenvalue weighted by molar-refractivity contribution is -0.119. The van der Waals surface area contributed by atoms with Crippen molar-refractivity contribution in [2.75, 3.05) is 0 Å². The van der Waals surface area contributed by atoms with E-state index in [1.165, 1.54) is 18.2 Å². The molecule has 1 rings (SSSR count). The van der Waals surface area contributed by atoms with E-state index < -0.39 is 21.9 Å². The number of hydrogen-bond acceptors (Lipinski definition) is 3. The number of amides is 1. The van der Waals surface area contributed by atoms with E-state index in [0.717, 1.165) is 0 Å². The zero-order valence-electron chi connectivity index (χ0n) is 11.2. The lowest BCUT2D eigenvalue weighted by atomic mass is 10.0. The summed E-state index contributed by atoms with van der Waals surface area (Å²) in [4.78, 5) is 11.9. The standard InChI is InChI=1S/C12H17Cl2N3O2S/c1-7(2)6-9(15)12(18)17-20(16,19)10-5-3-4-8(13)11(10)14/h3-5,7,9H,6,15H2,1-2H3,(H2,16,17,18,19)/t9-,20?/m0/s1. The Labute approximate surface area is 128 Å². The Morgan fingerprint density at radius 1 is 1.40 bits per heavy atom. The minimum absolute atomic E-state index is 0.0237. The quantitative estimate of drug-likeness (QED) is 0.883. The zero-order valence-corrected chi connectivity index (χ0v) is 13.5. The molecule has 0 aromatic heterocycles. The topological polar surface area (TPSA) is 98.5 Å². The zero-order chi connectivity index (χ0) is 15.5. The van der Waals surface area contributed by atoms with Gasteiger partial charge in [0.15, 0.2) is 0 Å². The van der Waals surface area contributed by atoms with Crippen molar-refractivity contribution in [3.05, 3.63) is 28.2 Å². The van der Waals surface area contributed by atoms with Crippen LogP contribution in [-0.2, 0) is 14.7 Å². The highest BCUT2D eigenvalue weighted by atomic mass is 35.5. The lowest BCUT2D eigenvalue weighted by Gasteiger charge is -2.12. The first-order valence-electron chi connectivity index (χ1n) is 5.93. The normalized spacial score (nSPS) is 15.8. The highest BCUT2D eigenvalue weighted by Crippen LogP contribution is 2.28. The first-order chi connectivity index (χ1) is 9.15. The average molecular weight is 338 g/mol. The molecular weight excluding hydrogens is 321 g/mol. The molecule has 0 fully saturated rings. The van der Waals surface area contributed by atoms with Crippen LogP contribution in [0.1, 0.15) is 20.3 Å². The third kappa shape index (κ3) is 4.43. The molecule has 1 amide bonds. The highest BCUT2D eigenvalue weighted by Gasteiger charge is 2.20. The number of nitrogens with two attached hydrogens (primary N) is 2. The van der Waals surface area contributed by atoms with Gasteiger partial charge < -0.3 is 5.73 Å². The van der Waals surface area contributed by atoms with E-state index in [4.69, 9.17) is 34.1 Å². The van der Waals surface area contributed by atoms with E-state index in [1.54, 1.807) is 0 Å². The molecule has 8 heteroatoms. The fourth-order valence-electron chi connectivity index (χ4n) is 1.57. The SMILES string of the molecule is CC(C)C[C@H](N)C(=O)N=S(N)(=O)c1cccc(Cl)c1Cl. The molecule has 2 atom stereocenters. The van der Waals surface area contributed by atoms with Crippen molar-refractivity contribution in [2.45, 2.75) is 31.2 Å². The van der Waals surface area contributed by atoms with E-state index in [2.05, 4.69) is 4.36 Å². The van der Waals surface area contributed by atoms with Crippen molar-refractivity contribution < 1.29 is 9.00 Å². The summed E-state index contributed by atoms with van der Waals surface area (Å²) in [7, 11) is -3.46. The number of benzene rings is 1. The van der Waals surface area contributed by atoms with E-state index >= 15 is 0 Å². The Morgan fingerprint density at radius 2 is 2.00 bits per heavy atom. The van der Waals surface area contributed by atoms with Crippen LogP contribution in [0.3, 0.4) is 0 Å². The van der Waals surface area contributed by atoms with Crippen LogP contribution in [-0.4, -0.2) is 16.2 Å². The minimum Gasteiger partial charge on any atom is -0.320 e. The second-order valence-electron chi connectivity index (χ2n) is 4.79. The van der Waals surface area contributed by atoms with Crippen LogP contribution in [0.15, 0.2) is 27.5 Å². The number of hydrogen-bond donors (Lipinski definition) is 2. The van der Waals surface area contributed by atoms with Crippen molar-refractivity contribution >= 4 is 39.0 Å². The average Bonchev–Trinajstić information content (AvgIpc) is 2.30. The third-order valence-corrected chi connectivity index (χ3v) is 4.85. The van der Waals surface area contributed by atoms with Gasteiger partial charge in [0.25, 0.3) is 5.91 Å². The molecular formula is C12H17Cl2N3O2S. The molecule has 1 unspecified atom stereocenters. The van der Waals surface area contributed by atoms with Crippen LogP contribution in [0.5, 0.6) is 0 Å². The molecule has 1 aromatic rings. The van der Waals surface area contributed by atoms with E-state index in [9.17, 15) is 9.00 Å². The Morgan fingerprint density at radius 3 is 2.55 bits per heavy atom.